The third-order valence-electron chi connectivity index (χ3n) is 2.14. The van der Waals surface area contributed by atoms with Gasteiger partial charge in [-0.2, -0.15) is 5.26 Å². The molecule has 19 heavy (non-hydrogen) atoms. The van der Waals surface area contributed by atoms with Crippen LogP contribution in [0.2, 0.25) is 0 Å². The van der Waals surface area contributed by atoms with Crippen LogP contribution >= 0.6 is 0 Å². The van der Waals surface area contributed by atoms with Crippen molar-refractivity contribution in [1.82, 2.24) is 4.90 Å². The van der Waals surface area contributed by atoms with Crippen LogP contribution in [0.4, 0.5) is 10.1 Å². The molecule has 0 saturated carbocycles. The molecule has 1 aromatic carbocycles. The number of nitrogens with zero attached hydrogens (tertiary/aromatic N) is 3. The van der Waals surface area contributed by atoms with Crippen LogP contribution in [0.5, 0.6) is 5.75 Å². The van der Waals surface area contributed by atoms with Crippen molar-refractivity contribution in [3.05, 3.63) is 23.5 Å². The number of hydrogen-bond donors (Lipinski definition) is 0. The molecule has 0 aliphatic carbocycles. The molecule has 0 N–H and O–H groups in total. The molecule has 0 aliphatic heterocycles. The highest BCUT2D eigenvalue weighted by atomic mass is 19.1. The van der Waals surface area contributed by atoms with Gasteiger partial charge in [0.2, 0.25) is 0 Å². The van der Waals surface area contributed by atoms with E-state index >= 15 is 0 Å². The first-order valence-corrected chi connectivity index (χ1v) is 5.64. The number of rotatable bonds is 6. The number of aliphatic imine (C=N–C) groups is 1. The number of ether oxygens (including phenoxy) is 2. The fourth-order valence-electron chi connectivity index (χ4n) is 1.28. The average Bonchev–Trinajstić information content (AvgIpc) is 2.36. The normalized spacial score (nSPS) is 10.5. The highest BCUT2D eigenvalue weighted by Gasteiger charge is 2.11. The lowest BCUT2D eigenvalue weighted by Gasteiger charge is -2.08. The molecule has 1 aromatic rings. The molecule has 0 aromatic heterocycles. The topological polar surface area (TPSA) is 57.9 Å². The zero-order valence-corrected chi connectivity index (χ0v) is 11.2. The van der Waals surface area contributed by atoms with Crippen LogP contribution in [-0.2, 0) is 4.74 Å². The maximum Gasteiger partial charge on any atom is 0.146 e. The fourth-order valence-corrected chi connectivity index (χ4v) is 1.28. The highest BCUT2D eigenvalue weighted by Crippen LogP contribution is 2.27. The van der Waals surface area contributed by atoms with Crippen molar-refractivity contribution in [1.29, 1.82) is 5.26 Å². The SMILES string of the molecule is COCCOc1cc(F)c(C#N)c(/N=C/N(C)C)c1. The van der Waals surface area contributed by atoms with Crippen LogP contribution in [-0.4, -0.2) is 45.7 Å². The van der Waals surface area contributed by atoms with E-state index in [1.807, 2.05) is 0 Å². The molecule has 102 valence electrons. The van der Waals surface area contributed by atoms with Gasteiger partial charge in [-0.05, 0) is 0 Å². The Balaban J connectivity index is 3.01. The maximum absolute atomic E-state index is 13.7. The van der Waals surface area contributed by atoms with Crippen molar-refractivity contribution in [2.45, 2.75) is 0 Å². The fraction of sp³-hybridized carbons (Fsp3) is 0.385. The molecule has 0 aliphatic rings. The summed E-state index contributed by atoms with van der Waals surface area (Å²) < 4.78 is 23.9. The average molecular weight is 265 g/mol. The van der Waals surface area contributed by atoms with Crippen molar-refractivity contribution < 1.29 is 13.9 Å². The van der Waals surface area contributed by atoms with Crippen molar-refractivity contribution in [3.63, 3.8) is 0 Å². The number of hydrogen-bond acceptors (Lipinski definition) is 4. The summed E-state index contributed by atoms with van der Waals surface area (Å²) in [6, 6.07) is 4.49. The van der Waals surface area contributed by atoms with E-state index in [1.165, 1.54) is 18.5 Å². The molecule has 0 bridgehead atoms. The van der Waals surface area contributed by atoms with Gasteiger partial charge >= 0.3 is 0 Å². The molecule has 0 amide bonds. The summed E-state index contributed by atoms with van der Waals surface area (Å²) in [5, 5.41) is 8.93. The van der Waals surface area contributed by atoms with Crippen molar-refractivity contribution in [2.75, 3.05) is 34.4 Å². The van der Waals surface area contributed by atoms with Gasteiger partial charge in [-0.25, -0.2) is 9.38 Å². The Labute approximate surface area is 111 Å². The quantitative estimate of drug-likeness (QED) is 0.448. The van der Waals surface area contributed by atoms with Crippen molar-refractivity contribution >= 4 is 12.0 Å². The molecule has 5 nitrogen and oxygen atoms in total. The summed E-state index contributed by atoms with van der Waals surface area (Å²) in [5.41, 5.74) is 0.140. The molecule has 0 heterocycles. The summed E-state index contributed by atoms with van der Waals surface area (Å²) in [4.78, 5) is 5.75. The summed E-state index contributed by atoms with van der Waals surface area (Å²) in [7, 11) is 5.12. The Morgan fingerprint density at radius 1 is 1.42 bits per heavy atom. The molecular weight excluding hydrogens is 249 g/mol. The zero-order chi connectivity index (χ0) is 14.3. The standard InChI is InChI=1S/C13H16FN3O2/c1-17(2)9-16-13-7-10(19-5-4-18-3)6-12(14)11(13)8-15/h6-7,9H,4-5H2,1-3H3/b16-9+. The molecule has 0 unspecified atom stereocenters. The highest BCUT2D eigenvalue weighted by molar-refractivity contribution is 5.66. The Morgan fingerprint density at radius 3 is 2.74 bits per heavy atom. The predicted octanol–water partition coefficient (Wildman–Crippen LogP) is 1.94. The van der Waals surface area contributed by atoms with E-state index in [1.54, 1.807) is 32.2 Å². The first-order chi connectivity index (χ1) is 9.08. The van der Waals surface area contributed by atoms with E-state index in [9.17, 15) is 4.39 Å². The van der Waals surface area contributed by atoms with E-state index < -0.39 is 5.82 Å². The van der Waals surface area contributed by atoms with Crippen LogP contribution in [0.3, 0.4) is 0 Å². The number of nitriles is 1. The Hall–Kier alpha value is -2.13. The molecule has 0 atom stereocenters. The summed E-state index contributed by atoms with van der Waals surface area (Å²) in [6.45, 7) is 0.705. The summed E-state index contributed by atoms with van der Waals surface area (Å²) >= 11 is 0. The lowest BCUT2D eigenvalue weighted by Crippen LogP contribution is -2.07. The molecule has 0 radical (unpaired) electrons. The minimum Gasteiger partial charge on any atom is -0.491 e. The number of halogens is 1. The molecular formula is C13H16FN3O2. The summed E-state index contributed by atoms with van der Waals surface area (Å²) in [5.74, 6) is -0.331. The first-order valence-electron chi connectivity index (χ1n) is 5.64. The monoisotopic (exact) mass is 265 g/mol. The zero-order valence-electron chi connectivity index (χ0n) is 11.2. The lowest BCUT2D eigenvalue weighted by molar-refractivity contribution is 0.146. The van der Waals surface area contributed by atoms with Gasteiger partial charge in [0.15, 0.2) is 0 Å². The minimum atomic E-state index is -0.650. The van der Waals surface area contributed by atoms with Crippen LogP contribution in [0.1, 0.15) is 5.56 Å². The van der Waals surface area contributed by atoms with Crippen LogP contribution < -0.4 is 4.74 Å². The van der Waals surface area contributed by atoms with E-state index in [2.05, 4.69) is 4.99 Å². The van der Waals surface area contributed by atoms with Gasteiger partial charge in [0.25, 0.3) is 0 Å². The van der Waals surface area contributed by atoms with Crippen molar-refractivity contribution in [3.8, 4) is 11.8 Å². The van der Waals surface area contributed by atoms with Gasteiger partial charge in [-0.15, -0.1) is 0 Å². The number of benzene rings is 1. The molecule has 6 heteroatoms. The lowest BCUT2D eigenvalue weighted by atomic mass is 10.2. The Morgan fingerprint density at radius 2 is 2.16 bits per heavy atom. The molecule has 0 fully saturated rings. The summed E-state index contributed by atoms with van der Waals surface area (Å²) in [6.07, 6.45) is 1.49. The second-order valence-electron chi connectivity index (χ2n) is 3.96. The second-order valence-corrected chi connectivity index (χ2v) is 3.96. The Bertz CT molecular complexity index is 495. The minimum absolute atomic E-state index is 0.0998. The van der Waals surface area contributed by atoms with E-state index in [-0.39, 0.29) is 11.3 Å². The smallest absolute Gasteiger partial charge is 0.146 e. The van der Waals surface area contributed by atoms with Gasteiger partial charge in [-0.3, -0.25) is 0 Å². The molecule has 1 rings (SSSR count). The van der Waals surface area contributed by atoms with E-state index in [0.717, 1.165) is 0 Å². The maximum atomic E-state index is 13.7. The third kappa shape index (κ3) is 4.56. The largest absolute Gasteiger partial charge is 0.491 e. The second kappa shape index (κ2) is 7.34. The van der Waals surface area contributed by atoms with Gasteiger partial charge in [0, 0.05) is 33.3 Å². The van der Waals surface area contributed by atoms with Crippen molar-refractivity contribution in [2.24, 2.45) is 4.99 Å². The van der Waals surface area contributed by atoms with Gasteiger partial charge in [0.05, 0.1) is 18.6 Å². The number of methoxy groups -OCH3 is 1. The first kappa shape index (κ1) is 14.9. The van der Waals surface area contributed by atoms with E-state index in [0.29, 0.717) is 19.0 Å². The van der Waals surface area contributed by atoms with Gasteiger partial charge in [0.1, 0.15) is 29.8 Å². The molecule has 0 spiro atoms. The third-order valence-corrected chi connectivity index (χ3v) is 2.14. The molecule has 0 saturated heterocycles. The van der Waals surface area contributed by atoms with Crippen LogP contribution in [0.25, 0.3) is 0 Å². The Kier molecular flexibility index (Phi) is 5.76. The van der Waals surface area contributed by atoms with Crippen LogP contribution in [0, 0.1) is 17.1 Å². The van der Waals surface area contributed by atoms with Gasteiger partial charge < -0.3 is 14.4 Å². The van der Waals surface area contributed by atoms with Crippen LogP contribution in [0.15, 0.2) is 17.1 Å². The van der Waals surface area contributed by atoms with Gasteiger partial charge in [-0.1, -0.05) is 0 Å². The van der Waals surface area contributed by atoms with E-state index in [4.69, 9.17) is 14.7 Å². The predicted molar refractivity (Wildman–Crippen MR) is 70.3 cm³/mol.